The summed E-state index contributed by atoms with van der Waals surface area (Å²) >= 11 is 0. The highest BCUT2D eigenvalue weighted by atomic mass is 32.2. The molecule has 0 saturated heterocycles. The molecule has 0 heterocycles. The van der Waals surface area contributed by atoms with Crippen LogP contribution in [0.4, 0.5) is 5.69 Å². The van der Waals surface area contributed by atoms with Gasteiger partial charge in [-0.2, -0.15) is 0 Å². The van der Waals surface area contributed by atoms with Crippen LogP contribution in [-0.4, -0.2) is 35.2 Å². The minimum absolute atomic E-state index is 0.0247. The van der Waals surface area contributed by atoms with Crippen molar-refractivity contribution < 1.29 is 16.8 Å². The molecule has 3 rings (SSSR count). The molecule has 0 aromatic heterocycles. The molecule has 8 heteroatoms. The number of rotatable bonds is 7. The molecule has 0 radical (unpaired) electrons. The van der Waals surface area contributed by atoms with Crippen LogP contribution in [0.2, 0.25) is 0 Å². The maximum Gasteiger partial charge on any atom is 0.264 e. The fourth-order valence-corrected chi connectivity index (χ4v) is 5.25. The van der Waals surface area contributed by atoms with E-state index in [4.69, 9.17) is 0 Å². The van der Waals surface area contributed by atoms with E-state index in [1.165, 1.54) is 42.7 Å². The number of hydrogen-bond donors (Lipinski definition) is 0. The monoisotopic (exact) mass is 444 g/mol. The minimum Gasteiger partial charge on any atom is -0.262 e. The third-order valence-corrected chi connectivity index (χ3v) is 8.30. The zero-order valence-electron chi connectivity index (χ0n) is 17.1. The highest BCUT2D eigenvalue weighted by Gasteiger charge is 2.26. The third-order valence-electron chi connectivity index (χ3n) is 4.68. The van der Waals surface area contributed by atoms with Crippen LogP contribution in [0.1, 0.15) is 11.1 Å². The molecule has 0 saturated carbocycles. The summed E-state index contributed by atoms with van der Waals surface area (Å²) in [5, 5.41) is 0. The van der Waals surface area contributed by atoms with Gasteiger partial charge in [-0.1, -0.05) is 48.0 Å². The Morgan fingerprint density at radius 3 is 1.67 bits per heavy atom. The Balaban J connectivity index is 2.04. The van der Waals surface area contributed by atoms with Gasteiger partial charge in [0.25, 0.3) is 10.0 Å². The van der Waals surface area contributed by atoms with Crippen molar-refractivity contribution in [3.05, 3.63) is 90.0 Å². The van der Waals surface area contributed by atoms with Gasteiger partial charge in [0.1, 0.15) is 0 Å². The summed E-state index contributed by atoms with van der Waals surface area (Å²) in [6.07, 6.45) is 0. The van der Waals surface area contributed by atoms with Gasteiger partial charge in [-0.3, -0.25) is 4.31 Å². The molecule has 6 nitrogen and oxygen atoms in total. The van der Waals surface area contributed by atoms with E-state index >= 15 is 0 Å². The average Bonchev–Trinajstić information content (AvgIpc) is 2.73. The SMILES string of the molecule is Cc1ccc(N(Cc2ccccc2)S(=O)(=O)c2ccc(S(=O)(=O)N(C)C)cc2)cc1. The van der Waals surface area contributed by atoms with Crippen LogP contribution in [0.5, 0.6) is 0 Å². The standard InChI is InChI=1S/C22H24N2O4S2/c1-18-9-11-20(12-10-18)24(17-19-7-5-4-6-8-19)30(27,28)22-15-13-21(14-16-22)29(25,26)23(2)3/h4-16H,17H2,1-3H3. The molecule has 3 aromatic rings. The van der Waals surface area contributed by atoms with E-state index in [9.17, 15) is 16.8 Å². The molecule has 158 valence electrons. The van der Waals surface area contributed by atoms with Gasteiger partial charge in [0.15, 0.2) is 0 Å². The quantitative estimate of drug-likeness (QED) is 0.558. The molecule has 0 fully saturated rings. The first-order valence-electron chi connectivity index (χ1n) is 9.28. The first-order chi connectivity index (χ1) is 14.1. The van der Waals surface area contributed by atoms with Crippen molar-refractivity contribution in [3.8, 4) is 0 Å². The molecule has 0 N–H and O–H groups in total. The van der Waals surface area contributed by atoms with Crippen molar-refractivity contribution in [1.29, 1.82) is 0 Å². The number of anilines is 1. The van der Waals surface area contributed by atoms with Crippen molar-refractivity contribution in [1.82, 2.24) is 4.31 Å². The second-order valence-electron chi connectivity index (χ2n) is 7.09. The van der Waals surface area contributed by atoms with E-state index in [2.05, 4.69) is 0 Å². The first kappa shape index (κ1) is 22.0. The van der Waals surface area contributed by atoms with Crippen LogP contribution in [0.15, 0.2) is 88.7 Å². The summed E-state index contributed by atoms with van der Waals surface area (Å²) in [4.78, 5) is 0.0631. The van der Waals surface area contributed by atoms with Crippen LogP contribution < -0.4 is 4.31 Å². The van der Waals surface area contributed by atoms with Gasteiger partial charge in [0.2, 0.25) is 10.0 Å². The number of nitrogens with zero attached hydrogens (tertiary/aromatic N) is 2. The van der Waals surface area contributed by atoms with Gasteiger partial charge < -0.3 is 0 Å². The fourth-order valence-electron chi connectivity index (χ4n) is 2.90. The molecular weight excluding hydrogens is 420 g/mol. The Kier molecular flexibility index (Phi) is 6.30. The van der Waals surface area contributed by atoms with Crippen molar-refractivity contribution in [2.75, 3.05) is 18.4 Å². The topological polar surface area (TPSA) is 74.8 Å². The predicted octanol–water partition coefficient (Wildman–Crippen LogP) is 3.64. The number of sulfonamides is 2. The highest BCUT2D eigenvalue weighted by Crippen LogP contribution is 2.27. The van der Waals surface area contributed by atoms with Crippen molar-refractivity contribution in [2.45, 2.75) is 23.3 Å². The smallest absolute Gasteiger partial charge is 0.262 e. The van der Waals surface area contributed by atoms with E-state index in [1.54, 1.807) is 12.1 Å². The van der Waals surface area contributed by atoms with Gasteiger partial charge in [-0.15, -0.1) is 0 Å². The second kappa shape index (κ2) is 8.59. The lowest BCUT2D eigenvalue weighted by molar-refractivity contribution is 0.520. The first-order valence-corrected chi connectivity index (χ1v) is 12.2. The Bertz CT molecular complexity index is 1200. The van der Waals surface area contributed by atoms with Gasteiger partial charge in [0, 0.05) is 14.1 Å². The second-order valence-corrected chi connectivity index (χ2v) is 11.1. The van der Waals surface area contributed by atoms with Crippen LogP contribution in [-0.2, 0) is 26.6 Å². The normalized spacial score (nSPS) is 12.1. The molecular formula is C22H24N2O4S2. The molecule has 30 heavy (non-hydrogen) atoms. The summed E-state index contributed by atoms with van der Waals surface area (Å²) in [5.41, 5.74) is 2.40. The summed E-state index contributed by atoms with van der Waals surface area (Å²) in [5.74, 6) is 0. The number of aryl methyl sites for hydroxylation is 1. The molecule has 0 spiro atoms. The van der Waals surface area contributed by atoms with Gasteiger partial charge >= 0.3 is 0 Å². The maximum atomic E-state index is 13.5. The number of benzene rings is 3. The highest BCUT2D eigenvalue weighted by molar-refractivity contribution is 7.92. The Morgan fingerprint density at radius 2 is 1.17 bits per heavy atom. The van der Waals surface area contributed by atoms with Crippen LogP contribution in [0.3, 0.4) is 0 Å². The molecule has 0 bridgehead atoms. The van der Waals surface area contributed by atoms with Crippen LogP contribution >= 0.6 is 0 Å². The largest absolute Gasteiger partial charge is 0.264 e. The molecule has 0 amide bonds. The third kappa shape index (κ3) is 4.56. The van der Waals surface area contributed by atoms with E-state index in [-0.39, 0.29) is 16.3 Å². The predicted molar refractivity (Wildman–Crippen MR) is 118 cm³/mol. The van der Waals surface area contributed by atoms with E-state index < -0.39 is 20.0 Å². The van der Waals surface area contributed by atoms with Crippen LogP contribution in [0, 0.1) is 6.92 Å². The van der Waals surface area contributed by atoms with Gasteiger partial charge in [-0.05, 0) is 48.9 Å². The molecule has 0 unspecified atom stereocenters. The Morgan fingerprint density at radius 1 is 0.667 bits per heavy atom. The Hall–Kier alpha value is -2.68. The van der Waals surface area contributed by atoms with Crippen molar-refractivity contribution in [3.63, 3.8) is 0 Å². The van der Waals surface area contributed by atoms with E-state index in [1.807, 2.05) is 49.4 Å². The van der Waals surface area contributed by atoms with Gasteiger partial charge in [0.05, 0.1) is 22.0 Å². The Labute approximate surface area is 178 Å². The summed E-state index contributed by atoms with van der Waals surface area (Å²) in [7, 11) is -4.70. The maximum absolute atomic E-state index is 13.5. The van der Waals surface area contributed by atoms with Gasteiger partial charge in [-0.25, -0.2) is 21.1 Å². The summed E-state index contributed by atoms with van der Waals surface area (Å²) in [6.45, 7) is 2.09. The molecule has 0 aliphatic heterocycles. The van der Waals surface area contributed by atoms with E-state index in [0.29, 0.717) is 5.69 Å². The zero-order valence-corrected chi connectivity index (χ0v) is 18.7. The average molecular weight is 445 g/mol. The van der Waals surface area contributed by atoms with Crippen molar-refractivity contribution >= 4 is 25.7 Å². The number of hydrogen-bond acceptors (Lipinski definition) is 4. The lowest BCUT2D eigenvalue weighted by atomic mass is 10.2. The fraction of sp³-hybridized carbons (Fsp3) is 0.182. The lowest BCUT2D eigenvalue weighted by Crippen LogP contribution is -2.30. The molecule has 0 aliphatic carbocycles. The lowest BCUT2D eigenvalue weighted by Gasteiger charge is -2.25. The molecule has 0 atom stereocenters. The van der Waals surface area contributed by atoms with E-state index in [0.717, 1.165) is 15.4 Å². The molecule has 0 aliphatic rings. The minimum atomic E-state index is -3.92. The summed E-state index contributed by atoms with van der Waals surface area (Å²) < 4.78 is 54.0. The molecule has 3 aromatic carbocycles. The zero-order chi connectivity index (χ0) is 21.9. The summed E-state index contributed by atoms with van der Waals surface area (Å²) in [6, 6.07) is 21.9. The van der Waals surface area contributed by atoms with Crippen molar-refractivity contribution in [2.24, 2.45) is 0 Å². The van der Waals surface area contributed by atoms with Crippen LogP contribution in [0.25, 0.3) is 0 Å².